The van der Waals surface area contributed by atoms with Crippen LogP contribution in [0.1, 0.15) is 18.9 Å². The van der Waals surface area contributed by atoms with Gasteiger partial charge in [-0.1, -0.05) is 165 Å². The number of aromatic nitrogens is 3. The van der Waals surface area contributed by atoms with Crippen LogP contribution in [0, 0.1) is 5.92 Å². The van der Waals surface area contributed by atoms with Gasteiger partial charge in [0.15, 0.2) is 17.5 Å². The third-order valence-corrected chi connectivity index (χ3v) is 10.7. The molecule has 0 bridgehead atoms. The summed E-state index contributed by atoms with van der Waals surface area (Å²) < 4.78 is 6.26. The summed E-state index contributed by atoms with van der Waals surface area (Å²) in [4.78, 5) is 15.3. The number of fused-ring (bicyclic) bond motifs is 4. The Kier molecular flexibility index (Phi) is 7.80. The molecule has 7 aromatic carbocycles. The Labute approximate surface area is 313 Å². The molecule has 1 aliphatic carbocycles. The van der Waals surface area contributed by atoms with Crippen molar-refractivity contribution in [2.75, 3.05) is 0 Å². The molecule has 0 saturated carbocycles. The minimum Gasteiger partial charge on any atom is -0.456 e. The number of nitrogens with zero attached hydrogens (tertiary/aromatic N) is 3. The third kappa shape index (κ3) is 5.60. The first-order chi connectivity index (χ1) is 26.7. The van der Waals surface area contributed by atoms with Crippen LogP contribution in [0.25, 0.3) is 94.7 Å². The molecule has 2 heterocycles. The van der Waals surface area contributed by atoms with E-state index in [1.54, 1.807) is 0 Å². The Morgan fingerprint density at radius 2 is 1.00 bits per heavy atom. The molecule has 256 valence electrons. The highest BCUT2D eigenvalue weighted by molar-refractivity contribution is 6.16. The molecule has 9 aromatic rings. The van der Waals surface area contributed by atoms with Crippen molar-refractivity contribution >= 4 is 38.3 Å². The van der Waals surface area contributed by atoms with E-state index in [4.69, 9.17) is 19.4 Å². The van der Waals surface area contributed by atoms with Crippen molar-refractivity contribution in [2.45, 2.75) is 13.3 Å². The Bertz CT molecular complexity index is 2900. The maximum Gasteiger partial charge on any atom is 0.164 e. The van der Waals surface area contributed by atoms with Crippen molar-refractivity contribution in [1.82, 2.24) is 15.0 Å². The topological polar surface area (TPSA) is 51.8 Å². The van der Waals surface area contributed by atoms with Crippen LogP contribution >= 0.6 is 0 Å². The van der Waals surface area contributed by atoms with Crippen molar-refractivity contribution in [3.63, 3.8) is 0 Å². The van der Waals surface area contributed by atoms with Crippen molar-refractivity contribution in [2.24, 2.45) is 5.92 Å². The van der Waals surface area contributed by atoms with E-state index in [0.717, 1.165) is 72.5 Å². The fourth-order valence-corrected chi connectivity index (χ4v) is 7.86. The smallest absolute Gasteiger partial charge is 0.164 e. The molecule has 0 fully saturated rings. The van der Waals surface area contributed by atoms with E-state index < -0.39 is 0 Å². The van der Waals surface area contributed by atoms with E-state index in [2.05, 4.69) is 134 Å². The van der Waals surface area contributed by atoms with Crippen LogP contribution in [-0.2, 0) is 0 Å². The molecule has 0 radical (unpaired) electrons. The second-order valence-corrected chi connectivity index (χ2v) is 14.0. The predicted molar refractivity (Wildman–Crippen MR) is 223 cm³/mol. The summed E-state index contributed by atoms with van der Waals surface area (Å²) in [7, 11) is 0. The van der Waals surface area contributed by atoms with Crippen molar-refractivity contribution in [3.8, 4) is 56.4 Å². The summed E-state index contributed by atoms with van der Waals surface area (Å²) in [5, 5.41) is 4.42. The average molecular weight is 694 g/mol. The zero-order valence-electron chi connectivity index (χ0n) is 29.8. The summed E-state index contributed by atoms with van der Waals surface area (Å²) >= 11 is 0. The van der Waals surface area contributed by atoms with Crippen molar-refractivity contribution in [3.05, 3.63) is 182 Å². The Morgan fingerprint density at radius 3 is 1.72 bits per heavy atom. The van der Waals surface area contributed by atoms with E-state index in [1.807, 2.05) is 48.5 Å². The molecule has 0 saturated heterocycles. The van der Waals surface area contributed by atoms with Crippen LogP contribution in [0.2, 0.25) is 0 Å². The molecule has 1 atom stereocenters. The molecule has 4 nitrogen and oxygen atoms in total. The normalized spacial score (nSPS) is 14.2. The lowest BCUT2D eigenvalue weighted by molar-refractivity contribution is 0.669. The minimum atomic E-state index is 0.528. The summed E-state index contributed by atoms with van der Waals surface area (Å²) in [6.07, 6.45) is 7.74. The lowest BCUT2D eigenvalue weighted by atomic mass is 9.87. The van der Waals surface area contributed by atoms with Gasteiger partial charge in [0.25, 0.3) is 0 Å². The van der Waals surface area contributed by atoms with Crippen molar-refractivity contribution < 1.29 is 4.42 Å². The largest absolute Gasteiger partial charge is 0.456 e. The Morgan fingerprint density at radius 1 is 0.444 bits per heavy atom. The van der Waals surface area contributed by atoms with Gasteiger partial charge in [-0.2, -0.15) is 0 Å². The van der Waals surface area contributed by atoms with Gasteiger partial charge in [-0.15, -0.1) is 0 Å². The van der Waals surface area contributed by atoms with Gasteiger partial charge in [-0.25, -0.2) is 15.0 Å². The molecule has 1 aliphatic rings. The van der Waals surface area contributed by atoms with Gasteiger partial charge >= 0.3 is 0 Å². The fraction of sp³-hybridized carbons (Fsp3) is 0.0600. The zero-order valence-corrected chi connectivity index (χ0v) is 29.8. The van der Waals surface area contributed by atoms with Crippen LogP contribution in [0.5, 0.6) is 0 Å². The summed E-state index contributed by atoms with van der Waals surface area (Å²) in [5.41, 5.74) is 11.9. The number of hydrogen-bond donors (Lipinski definition) is 0. The first-order valence-corrected chi connectivity index (χ1v) is 18.5. The van der Waals surface area contributed by atoms with Gasteiger partial charge in [-0.05, 0) is 74.7 Å². The zero-order chi connectivity index (χ0) is 36.0. The van der Waals surface area contributed by atoms with E-state index >= 15 is 0 Å². The van der Waals surface area contributed by atoms with Gasteiger partial charge in [0.05, 0.1) is 0 Å². The van der Waals surface area contributed by atoms with Gasteiger partial charge in [0.1, 0.15) is 11.2 Å². The van der Waals surface area contributed by atoms with Crippen LogP contribution in [0.15, 0.2) is 180 Å². The quantitative estimate of drug-likeness (QED) is 0.174. The second kappa shape index (κ2) is 13.3. The van der Waals surface area contributed by atoms with Crippen LogP contribution in [-0.4, -0.2) is 15.0 Å². The standard InChI is InChI=1S/C50H35N3O/c1-32-12-5-6-15-38(32)35-26-22-33(23-27-35)34-24-28-37(29-25-34)49-51-48(36-13-3-2-4-14-36)52-50(53-49)43-31-30-41(39-16-7-8-17-40(39)43)42-19-11-21-46-47(42)44-18-9-10-20-45(44)54-46/h2-11,13-32H,12H2,1H3/t32-/m1/s1. The number of benzene rings is 7. The lowest BCUT2D eigenvalue weighted by Crippen LogP contribution is -2.01. The van der Waals surface area contributed by atoms with E-state index in [0.29, 0.717) is 23.4 Å². The Balaban J connectivity index is 1.07. The summed E-state index contributed by atoms with van der Waals surface area (Å²) in [6, 6.07) is 55.0. The highest BCUT2D eigenvalue weighted by Crippen LogP contribution is 2.41. The maximum absolute atomic E-state index is 6.26. The minimum absolute atomic E-state index is 0.528. The molecule has 0 amide bonds. The number of allylic oxidation sites excluding steroid dienone is 4. The van der Waals surface area contributed by atoms with Gasteiger partial charge in [-0.3, -0.25) is 0 Å². The SMILES string of the molecule is C[C@@H]1CC=CC=C1c1ccc(-c2ccc(-c3nc(-c4ccccc4)nc(-c4ccc(-c5cccc6oc7ccccc7c56)c5ccccc45)n3)cc2)cc1. The van der Waals surface area contributed by atoms with Gasteiger partial charge < -0.3 is 4.42 Å². The summed E-state index contributed by atoms with van der Waals surface area (Å²) in [5.74, 6) is 2.43. The Hall–Kier alpha value is -6.91. The van der Waals surface area contributed by atoms with Crippen molar-refractivity contribution in [1.29, 1.82) is 0 Å². The fourth-order valence-electron chi connectivity index (χ4n) is 7.86. The molecule has 0 aliphatic heterocycles. The third-order valence-electron chi connectivity index (χ3n) is 10.7. The van der Waals surface area contributed by atoms with Crippen LogP contribution in [0.3, 0.4) is 0 Å². The number of hydrogen-bond acceptors (Lipinski definition) is 4. The molecular formula is C50H35N3O. The molecule has 54 heavy (non-hydrogen) atoms. The summed E-state index contributed by atoms with van der Waals surface area (Å²) in [6.45, 7) is 2.29. The predicted octanol–water partition coefficient (Wildman–Crippen LogP) is 13.2. The maximum atomic E-state index is 6.26. The first kappa shape index (κ1) is 31.8. The van der Waals surface area contributed by atoms with Gasteiger partial charge in [0.2, 0.25) is 0 Å². The molecule has 0 N–H and O–H groups in total. The van der Waals surface area contributed by atoms with Crippen LogP contribution < -0.4 is 0 Å². The highest BCUT2D eigenvalue weighted by atomic mass is 16.3. The molecular weight excluding hydrogens is 659 g/mol. The monoisotopic (exact) mass is 693 g/mol. The second-order valence-electron chi connectivity index (χ2n) is 14.0. The average Bonchev–Trinajstić information content (AvgIpc) is 3.63. The first-order valence-electron chi connectivity index (χ1n) is 18.5. The van der Waals surface area contributed by atoms with E-state index in [-0.39, 0.29) is 0 Å². The van der Waals surface area contributed by atoms with Gasteiger partial charge in [0, 0.05) is 27.5 Å². The molecule has 2 aromatic heterocycles. The molecule has 0 unspecified atom stereocenters. The molecule has 4 heteroatoms. The van der Waals surface area contributed by atoms with E-state index in [9.17, 15) is 0 Å². The highest BCUT2D eigenvalue weighted by Gasteiger charge is 2.19. The molecule has 10 rings (SSSR count). The lowest BCUT2D eigenvalue weighted by Gasteiger charge is -2.17. The number of para-hydroxylation sites is 1. The molecule has 0 spiro atoms. The van der Waals surface area contributed by atoms with Crippen LogP contribution in [0.4, 0.5) is 0 Å². The van der Waals surface area contributed by atoms with E-state index in [1.165, 1.54) is 16.7 Å². The number of rotatable bonds is 6. The number of furan rings is 1.